The summed E-state index contributed by atoms with van der Waals surface area (Å²) in [4.78, 5) is 2.56. The van der Waals surface area contributed by atoms with Crippen LogP contribution in [0.25, 0.3) is 10.9 Å². The molecule has 2 N–H and O–H groups in total. The van der Waals surface area contributed by atoms with Gasteiger partial charge in [0.2, 0.25) is 0 Å². The van der Waals surface area contributed by atoms with Gasteiger partial charge in [-0.05, 0) is 37.6 Å². The van der Waals surface area contributed by atoms with Gasteiger partial charge in [0.1, 0.15) is 0 Å². The molecule has 2 aromatic rings. The van der Waals surface area contributed by atoms with Gasteiger partial charge in [-0.2, -0.15) is 5.10 Å². The monoisotopic (exact) mass is 258 g/mol. The normalized spacial score (nSPS) is 17.1. The van der Waals surface area contributed by atoms with Gasteiger partial charge in [0.25, 0.3) is 0 Å². The molecule has 0 atom stereocenters. The molecule has 0 saturated carbocycles. The number of hydrogen-bond donors (Lipinski definition) is 2. The summed E-state index contributed by atoms with van der Waals surface area (Å²) in [7, 11) is 0. The number of H-pyrrole nitrogens is 1. The zero-order valence-electron chi connectivity index (χ0n) is 11.4. The highest BCUT2D eigenvalue weighted by Crippen LogP contribution is 2.12. The topological polar surface area (TPSA) is 44.0 Å². The molecule has 1 saturated heterocycles. The third-order valence-electron chi connectivity index (χ3n) is 3.89. The summed E-state index contributed by atoms with van der Waals surface area (Å²) in [6.45, 7) is 5.74. The number of hydrogen-bond acceptors (Lipinski definition) is 3. The van der Waals surface area contributed by atoms with Crippen molar-refractivity contribution < 1.29 is 0 Å². The predicted octanol–water partition coefficient (Wildman–Crippen LogP) is 2.14. The Labute approximate surface area is 114 Å². The Morgan fingerprint density at radius 1 is 1.21 bits per heavy atom. The van der Waals surface area contributed by atoms with Crippen molar-refractivity contribution in [2.75, 3.05) is 26.2 Å². The zero-order chi connectivity index (χ0) is 12.9. The van der Waals surface area contributed by atoms with Crippen LogP contribution in [0.2, 0.25) is 0 Å². The lowest BCUT2D eigenvalue weighted by molar-refractivity contribution is 0.229. The molecule has 19 heavy (non-hydrogen) atoms. The van der Waals surface area contributed by atoms with Crippen molar-refractivity contribution in [3.8, 4) is 0 Å². The molecule has 3 rings (SSSR count). The Bertz CT molecular complexity index is 514. The van der Waals surface area contributed by atoms with E-state index in [-0.39, 0.29) is 0 Å². The van der Waals surface area contributed by atoms with Gasteiger partial charge in [-0.3, -0.25) is 5.10 Å². The van der Waals surface area contributed by atoms with E-state index in [2.05, 4.69) is 38.6 Å². The lowest BCUT2D eigenvalue weighted by atomic mass is 10.1. The minimum absolute atomic E-state index is 0.933. The van der Waals surface area contributed by atoms with Gasteiger partial charge < -0.3 is 10.2 Å². The quantitative estimate of drug-likeness (QED) is 0.808. The van der Waals surface area contributed by atoms with Crippen LogP contribution in [-0.4, -0.2) is 41.3 Å². The third-order valence-corrected chi connectivity index (χ3v) is 3.89. The molecular weight excluding hydrogens is 236 g/mol. The minimum Gasteiger partial charge on any atom is -0.311 e. The molecule has 1 aliphatic rings. The second-order valence-electron chi connectivity index (χ2n) is 5.37. The maximum Gasteiger partial charge on any atom is 0.0653 e. The van der Waals surface area contributed by atoms with E-state index < -0.39 is 0 Å². The van der Waals surface area contributed by atoms with E-state index in [1.807, 2.05) is 6.20 Å². The largest absolute Gasteiger partial charge is 0.311 e. The summed E-state index contributed by atoms with van der Waals surface area (Å²) in [5.41, 5.74) is 2.44. The van der Waals surface area contributed by atoms with E-state index in [9.17, 15) is 0 Å². The van der Waals surface area contributed by atoms with Crippen LogP contribution in [0.3, 0.4) is 0 Å². The molecule has 4 heteroatoms. The second kappa shape index (κ2) is 6.17. The van der Waals surface area contributed by atoms with E-state index in [1.165, 1.54) is 49.8 Å². The van der Waals surface area contributed by atoms with Crippen LogP contribution >= 0.6 is 0 Å². The molecule has 2 heterocycles. The summed E-state index contributed by atoms with van der Waals surface area (Å²) in [5, 5.41) is 11.8. The van der Waals surface area contributed by atoms with E-state index in [0.29, 0.717) is 0 Å². The smallest absolute Gasteiger partial charge is 0.0653 e. The van der Waals surface area contributed by atoms with E-state index in [4.69, 9.17) is 0 Å². The number of fused-ring (bicyclic) bond motifs is 1. The van der Waals surface area contributed by atoms with Gasteiger partial charge >= 0.3 is 0 Å². The lowest BCUT2D eigenvalue weighted by Crippen LogP contribution is -2.35. The predicted molar refractivity (Wildman–Crippen MR) is 78.1 cm³/mol. The van der Waals surface area contributed by atoms with Crippen molar-refractivity contribution in [1.29, 1.82) is 0 Å². The molecule has 1 fully saturated rings. The first-order chi connectivity index (χ1) is 9.42. The van der Waals surface area contributed by atoms with Crippen LogP contribution in [0.4, 0.5) is 0 Å². The van der Waals surface area contributed by atoms with Crippen LogP contribution in [0.1, 0.15) is 24.8 Å². The van der Waals surface area contributed by atoms with Crippen LogP contribution in [0, 0.1) is 0 Å². The Balaban J connectivity index is 1.43. The highest BCUT2D eigenvalue weighted by Gasteiger charge is 2.08. The van der Waals surface area contributed by atoms with Crippen molar-refractivity contribution in [2.45, 2.75) is 25.8 Å². The lowest BCUT2D eigenvalue weighted by Gasteiger charge is -2.26. The Morgan fingerprint density at radius 2 is 2.11 bits per heavy atom. The molecule has 0 spiro atoms. The molecule has 0 aliphatic carbocycles. The molecule has 0 amide bonds. The summed E-state index contributed by atoms with van der Waals surface area (Å²) in [6, 6.07) is 6.47. The van der Waals surface area contributed by atoms with E-state index >= 15 is 0 Å². The Morgan fingerprint density at radius 3 is 3.00 bits per heavy atom. The average molecular weight is 258 g/mol. The number of piperidine rings is 1. The fraction of sp³-hybridized carbons (Fsp3) is 0.533. The van der Waals surface area contributed by atoms with Crippen LogP contribution in [-0.2, 0) is 6.54 Å². The van der Waals surface area contributed by atoms with E-state index in [0.717, 1.165) is 18.6 Å². The van der Waals surface area contributed by atoms with Crippen molar-refractivity contribution in [3.63, 3.8) is 0 Å². The zero-order valence-corrected chi connectivity index (χ0v) is 11.4. The number of nitrogens with one attached hydrogen (secondary N) is 2. The molecular formula is C15H22N4. The van der Waals surface area contributed by atoms with Gasteiger partial charge in [-0.15, -0.1) is 0 Å². The van der Waals surface area contributed by atoms with E-state index in [1.54, 1.807) is 0 Å². The number of benzene rings is 1. The number of likely N-dealkylation sites (tertiary alicyclic amines) is 1. The Hall–Kier alpha value is -1.39. The van der Waals surface area contributed by atoms with Crippen molar-refractivity contribution in [3.05, 3.63) is 30.0 Å². The van der Waals surface area contributed by atoms with Crippen molar-refractivity contribution in [1.82, 2.24) is 20.4 Å². The summed E-state index contributed by atoms with van der Waals surface area (Å²) < 4.78 is 0. The summed E-state index contributed by atoms with van der Waals surface area (Å²) in [6.07, 6.45) is 6.02. The molecule has 1 aromatic carbocycles. The molecule has 102 valence electrons. The average Bonchev–Trinajstić information content (AvgIpc) is 2.92. The van der Waals surface area contributed by atoms with Crippen molar-refractivity contribution in [2.24, 2.45) is 0 Å². The maximum absolute atomic E-state index is 4.05. The molecule has 0 radical (unpaired) electrons. The van der Waals surface area contributed by atoms with Crippen LogP contribution in [0.15, 0.2) is 24.4 Å². The first-order valence-electron chi connectivity index (χ1n) is 7.27. The van der Waals surface area contributed by atoms with Crippen molar-refractivity contribution >= 4 is 10.9 Å². The van der Waals surface area contributed by atoms with Gasteiger partial charge in [-0.25, -0.2) is 0 Å². The molecule has 4 nitrogen and oxygen atoms in total. The first kappa shape index (κ1) is 12.6. The fourth-order valence-corrected chi connectivity index (χ4v) is 2.75. The maximum atomic E-state index is 4.05. The number of aromatic amines is 1. The highest BCUT2D eigenvalue weighted by atomic mass is 15.1. The van der Waals surface area contributed by atoms with Gasteiger partial charge in [0.05, 0.1) is 11.7 Å². The summed E-state index contributed by atoms with van der Waals surface area (Å²) >= 11 is 0. The molecule has 1 aromatic heterocycles. The summed E-state index contributed by atoms with van der Waals surface area (Å²) in [5.74, 6) is 0. The third kappa shape index (κ3) is 3.33. The van der Waals surface area contributed by atoms with Crippen LogP contribution < -0.4 is 5.32 Å². The number of nitrogens with zero attached hydrogens (tertiary/aromatic N) is 2. The van der Waals surface area contributed by atoms with Gasteiger partial charge in [0.15, 0.2) is 0 Å². The van der Waals surface area contributed by atoms with Crippen LogP contribution in [0.5, 0.6) is 0 Å². The second-order valence-corrected chi connectivity index (χ2v) is 5.37. The molecule has 0 bridgehead atoms. The molecule has 0 unspecified atom stereocenters. The highest BCUT2D eigenvalue weighted by molar-refractivity contribution is 5.78. The fourth-order valence-electron chi connectivity index (χ4n) is 2.75. The van der Waals surface area contributed by atoms with Gasteiger partial charge in [-0.1, -0.05) is 18.6 Å². The minimum atomic E-state index is 0.933. The van der Waals surface area contributed by atoms with Gasteiger partial charge in [0, 0.05) is 25.0 Å². The SMILES string of the molecule is c1cc2cn[nH]c2cc1CNCCN1CCCCC1. The standard InChI is InChI=1S/C15H22N4/c1-2-7-19(8-3-1)9-6-16-11-13-4-5-14-12-17-18-15(14)10-13/h4-5,10,12,16H,1-3,6-9,11H2,(H,17,18). The number of aromatic nitrogens is 2. The molecule has 1 aliphatic heterocycles. The first-order valence-corrected chi connectivity index (χ1v) is 7.27. The number of rotatable bonds is 5. The Kier molecular flexibility index (Phi) is 4.10.